The fraction of sp³-hybridized carbons (Fsp3) is 0. The Balaban J connectivity index is 0.000000152. The number of benzene rings is 3. The van der Waals surface area contributed by atoms with Crippen molar-refractivity contribution in [2.24, 2.45) is 0 Å². The first-order valence-corrected chi connectivity index (χ1v) is 11.8. The second kappa shape index (κ2) is 15.5. The van der Waals surface area contributed by atoms with Gasteiger partial charge in [0.15, 0.2) is 0 Å². The van der Waals surface area contributed by atoms with Crippen LogP contribution in [0.1, 0.15) is 0 Å². The van der Waals surface area contributed by atoms with Gasteiger partial charge in [0, 0.05) is 35.3 Å². The number of hydrogen-bond acceptors (Lipinski definition) is 3. The lowest BCUT2D eigenvalue weighted by molar-refractivity contribution is 1.33. The van der Waals surface area contributed by atoms with Gasteiger partial charge in [0.2, 0.25) is 0 Å². The minimum absolute atomic E-state index is 0. The Bertz CT molecular complexity index is 1090. The normalized spacial score (nSPS) is 9.41. The van der Waals surface area contributed by atoms with E-state index in [1.165, 1.54) is 0 Å². The van der Waals surface area contributed by atoms with Crippen molar-refractivity contribution in [2.75, 3.05) is 0 Å². The van der Waals surface area contributed by atoms with Gasteiger partial charge < -0.3 is 0 Å². The maximum absolute atomic E-state index is 4.25. The molecule has 0 saturated carbocycles. The van der Waals surface area contributed by atoms with Gasteiger partial charge >= 0.3 is 0 Å². The summed E-state index contributed by atoms with van der Waals surface area (Å²) in [5.41, 5.74) is 6.57. The lowest BCUT2D eigenvalue weighted by Gasteiger charge is -1.97. The van der Waals surface area contributed by atoms with Crippen LogP contribution < -0.4 is 0 Å². The van der Waals surface area contributed by atoms with Crippen LogP contribution in [0.2, 0.25) is 0 Å². The summed E-state index contributed by atoms with van der Waals surface area (Å²) < 4.78 is 0. The molecule has 3 aromatic carbocycles. The SMILES string of the molecule is P.c1ccc(-c2ccccn2)cc1.c1ccc(-c2ccccn2)cc1.c1ccc(-c2ccccn2)cc1. The van der Waals surface area contributed by atoms with Gasteiger partial charge in [-0.3, -0.25) is 15.0 Å². The Labute approximate surface area is 222 Å². The minimum atomic E-state index is 0. The summed E-state index contributed by atoms with van der Waals surface area (Å²) in [6.45, 7) is 0. The first-order chi connectivity index (χ1) is 17.9. The van der Waals surface area contributed by atoms with Crippen LogP contribution in [0.25, 0.3) is 33.8 Å². The van der Waals surface area contributed by atoms with Gasteiger partial charge in [-0.1, -0.05) is 109 Å². The summed E-state index contributed by atoms with van der Waals surface area (Å²) in [5, 5.41) is 0. The molecule has 4 heteroatoms. The van der Waals surface area contributed by atoms with Gasteiger partial charge in [0.1, 0.15) is 0 Å². The molecule has 0 aliphatic rings. The molecule has 3 aromatic heterocycles. The zero-order valence-corrected chi connectivity index (χ0v) is 22.1. The van der Waals surface area contributed by atoms with Gasteiger partial charge in [-0.2, -0.15) is 9.90 Å². The van der Waals surface area contributed by atoms with Crippen molar-refractivity contribution >= 4 is 9.90 Å². The molecule has 3 nitrogen and oxygen atoms in total. The maximum Gasteiger partial charge on any atom is 0.0701 e. The van der Waals surface area contributed by atoms with E-state index in [1.54, 1.807) is 0 Å². The van der Waals surface area contributed by atoms with Crippen LogP contribution in [0.15, 0.2) is 164 Å². The quantitative estimate of drug-likeness (QED) is 0.230. The lowest BCUT2D eigenvalue weighted by Crippen LogP contribution is -1.79. The summed E-state index contributed by atoms with van der Waals surface area (Å²) in [5.74, 6) is 0. The Kier molecular flexibility index (Phi) is 11.4. The van der Waals surface area contributed by atoms with E-state index < -0.39 is 0 Å². The topological polar surface area (TPSA) is 38.7 Å². The van der Waals surface area contributed by atoms with E-state index in [1.807, 2.05) is 128 Å². The second-order valence-corrected chi connectivity index (χ2v) is 7.74. The number of pyridine rings is 3. The van der Waals surface area contributed by atoms with E-state index in [-0.39, 0.29) is 9.90 Å². The smallest absolute Gasteiger partial charge is 0.0701 e. The average Bonchev–Trinajstić information content (AvgIpc) is 3.01. The van der Waals surface area contributed by atoms with E-state index in [4.69, 9.17) is 0 Å². The van der Waals surface area contributed by atoms with Gasteiger partial charge in [-0.05, 0) is 36.4 Å². The summed E-state index contributed by atoms with van der Waals surface area (Å²) in [4.78, 5) is 12.7. The van der Waals surface area contributed by atoms with Gasteiger partial charge in [-0.25, -0.2) is 0 Å². The molecule has 182 valence electrons. The van der Waals surface area contributed by atoms with E-state index in [9.17, 15) is 0 Å². The summed E-state index contributed by atoms with van der Waals surface area (Å²) in [7, 11) is 0. The third kappa shape index (κ3) is 8.92. The average molecular weight is 500 g/mol. The second-order valence-electron chi connectivity index (χ2n) is 7.74. The lowest BCUT2D eigenvalue weighted by atomic mass is 10.1. The number of nitrogens with zero attached hydrogens (tertiary/aromatic N) is 3. The summed E-state index contributed by atoms with van der Waals surface area (Å²) in [6, 6.07) is 48.3. The molecular weight excluding hydrogens is 469 g/mol. The van der Waals surface area contributed by atoms with Crippen LogP contribution in [0.5, 0.6) is 0 Å². The third-order valence-electron chi connectivity index (χ3n) is 5.20. The number of rotatable bonds is 3. The zero-order chi connectivity index (χ0) is 24.7. The number of aromatic nitrogens is 3. The first kappa shape index (κ1) is 27.1. The standard InChI is InChI=1S/3C11H9N.H3P/c3*1-2-6-10(7-3-1)11-8-4-5-9-12-11;/h3*1-9H;1H3. The molecule has 1 atom stereocenters. The molecule has 0 N–H and O–H groups in total. The molecule has 0 radical (unpaired) electrons. The van der Waals surface area contributed by atoms with Crippen molar-refractivity contribution in [3.05, 3.63) is 164 Å². The monoisotopic (exact) mass is 499 g/mol. The van der Waals surface area contributed by atoms with Crippen LogP contribution in [-0.4, -0.2) is 15.0 Å². The van der Waals surface area contributed by atoms with Crippen LogP contribution in [0.3, 0.4) is 0 Å². The van der Waals surface area contributed by atoms with Crippen molar-refractivity contribution in [3.63, 3.8) is 0 Å². The summed E-state index contributed by atoms with van der Waals surface area (Å²) >= 11 is 0. The maximum atomic E-state index is 4.25. The van der Waals surface area contributed by atoms with Crippen molar-refractivity contribution in [1.29, 1.82) is 0 Å². The molecule has 0 saturated heterocycles. The van der Waals surface area contributed by atoms with Crippen LogP contribution in [-0.2, 0) is 0 Å². The predicted molar refractivity (Wildman–Crippen MR) is 160 cm³/mol. The van der Waals surface area contributed by atoms with Crippen molar-refractivity contribution in [3.8, 4) is 33.8 Å². The van der Waals surface area contributed by atoms with Gasteiger partial charge in [-0.15, -0.1) is 0 Å². The van der Waals surface area contributed by atoms with E-state index >= 15 is 0 Å². The molecule has 6 aromatic rings. The number of hydrogen-bond donors (Lipinski definition) is 0. The Morgan fingerprint density at radius 3 is 0.730 bits per heavy atom. The first-order valence-electron chi connectivity index (χ1n) is 11.8. The third-order valence-corrected chi connectivity index (χ3v) is 5.20. The largest absolute Gasteiger partial charge is 0.256 e. The van der Waals surface area contributed by atoms with Gasteiger partial charge in [0.25, 0.3) is 0 Å². The molecule has 3 heterocycles. The fourth-order valence-corrected chi connectivity index (χ4v) is 3.43. The minimum Gasteiger partial charge on any atom is -0.256 e. The highest BCUT2D eigenvalue weighted by Crippen LogP contribution is 2.16. The molecule has 0 aliphatic heterocycles. The molecule has 0 spiro atoms. The molecule has 0 amide bonds. The van der Waals surface area contributed by atoms with Gasteiger partial charge in [0.05, 0.1) is 17.1 Å². The molecule has 0 aliphatic carbocycles. The van der Waals surface area contributed by atoms with Crippen LogP contribution >= 0.6 is 9.90 Å². The fourth-order valence-electron chi connectivity index (χ4n) is 3.43. The predicted octanol–water partition coefficient (Wildman–Crippen LogP) is 8.30. The molecule has 6 rings (SSSR count). The van der Waals surface area contributed by atoms with E-state index in [0.29, 0.717) is 0 Å². The highest BCUT2D eigenvalue weighted by Gasteiger charge is 1.95. The van der Waals surface area contributed by atoms with Crippen LogP contribution in [0, 0.1) is 0 Å². The molecule has 37 heavy (non-hydrogen) atoms. The highest BCUT2D eigenvalue weighted by molar-refractivity contribution is 6.92. The van der Waals surface area contributed by atoms with Crippen molar-refractivity contribution in [2.45, 2.75) is 0 Å². The molecule has 0 bridgehead atoms. The Morgan fingerprint density at radius 1 is 0.270 bits per heavy atom. The zero-order valence-electron chi connectivity index (χ0n) is 20.6. The van der Waals surface area contributed by atoms with E-state index in [0.717, 1.165) is 33.8 Å². The van der Waals surface area contributed by atoms with Crippen molar-refractivity contribution < 1.29 is 0 Å². The Hall–Kier alpha value is -4.46. The van der Waals surface area contributed by atoms with Crippen molar-refractivity contribution in [1.82, 2.24) is 15.0 Å². The molecular formula is C33H30N3P. The van der Waals surface area contributed by atoms with Crippen LogP contribution in [0.4, 0.5) is 0 Å². The Morgan fingerprint density at radius 2 is 0.514 bits per heavy atom. The highest BCUT2D eigenvalue weighted by atomic mass is 31.0. The van der Waals surface area contributed by atoms with E-state index in [2.05, 4.69) is 51.4 Å². The summed E-state index contributed by atoms with van der Waals surface area (Å²) in [6.07, 6.45) is 5.42. The molecule has 0 fully saturated rings. The molecule has 1 unspecified atom stereocenters.